The van der Waals surface area contributed by atoms with Crippen molar-refractivity contribution < 1.29 is 19.4 Å². The normalized spacial score (nSPS) is 11.2. The van der Waals surface area contributed by atoms with E-state index in [1.807, 2.05) is 0 Å². The average molecular weight is 359 g/mol. The van der Waals surface area contributed by atoms with Gasteiger partial charge in [0.1, 0.15) is 5.75 Å². The summed E-state index contributed by atoms with van der Waals surface area (Å²) < 4.78 is 9.90. The molecule has 1 heterocycles. The van der Waals surface area contributed by atoms with Gasteiger partial charge in [0.15, 0.2) is 5.88 Å². The molecule has 0 bridgehead atoms. The number of methoxy groups -OCH3 is 2. The number of esters is 1. The number of rotatable bonds is 4. The fourth-order valence-corrected chi connectivity index (χ4v) is 2.59. The first-order chi connectivity index (χ1) is 12.0. The summed E-state index contributed by atoms with van der Waals surface area (Å²) in [5.74, 6) is 0.159. The van der Waals surface area contributed by atoms with Gasteiger partial charge in [-0.05, 0) is 36.4 Å². The summed E-state index contributed by atoms with van der Waals surface area (Å²) in [5, 5.41) is 11.3. The van der Waals surface area contributed by atoms with Crippen LogP contribution in [0, 0.1) is 0 Å². The SMILES string of the molecule is COC(=O)c1ccc(Cl)c(N=Cc2c(O)[nH]c3ccc(OC)cc23)c1. The minimum atomic E-state index is -0.479. The molecule has 0 radical (unpaired) electrons. The topological polar surface area (TPSA) is 83.9 Å². The number of benzene rings is 2. The molecule has 1 aromatic heterocycles. The second-order valence-electron chi connectivity index (χ2n) is 5.21. The van der Waals surface area contributed by atoms with Crippen LogP contribution in [-0.2, 0) is 4.74 Å². The molecule has 3 aromatic rings. The molecule has 6 nitrogen and oxygen atoms in total. The van der Waals surface area contributed by atoms with Crippen LogP contribution in [0.3, 0.4) is 0 Å². The first kappa shape index (κ1) is 16.9. The number of aromatic amines is 1. The Bertz CT molecular complexity index is 979. The van der Waals surface area contributed by atoms with Gasteiger partial charge in [0.25, 0.3) is 0 Å². The predicted molar refractivity (Wildman–Crippen MR) is 96.6 cm³/mol. The molecule has 25 heavy (non-hydrogen) atoms. The molecule has 0 amide bonds. The summed E-state index contributed by atoms with van der Waals surface area (Å²) in [5.41, 5.74) is 1.97. The molecule has 0 atom stereocenters. The molecule has 0 aliphatic rings. The second-order valence-corrected chi connectivity index (χ2v) is 5.62. The number of aliphatic imine (C=N–C) groups is 1. The van der Waals surface area contributed by atoms with Crippen molar-refractivity contribution in [1.82, 2.24) is 4.98 Å². The van der Waals surface area contributed by atoms with Crippen LogP contribution in [0.25, 0.3) is 10.9 Å². The van der Waals surface area contributed by atoms with Crippen molar-refractivity contribution in [2.75, 3.05) is 14.2 Å². The summed E-state index contributed by atoms with van der Waals surface area (Å²) in [6.07, 6.45) is 1.48. The molecule has 2 aromatic carbocycles. The lowest BCUT2D eigenvalue weighted by Crippen LogP contribution is -2.00. The van der Waals surface area contributed by atoms with E-state index < -0.39 is 5.97 Å². The van der Waals surface area contributed by atoms with Crippen LogP contribution in [0.4, 0.5) is 5.69 Å². The van der Waals surface area contributed by atoms with Crippen molar-refractivity contribution in [2.45, 2.75) is 0 Å². The Hall–Kier alpha value is -2.99. The van der Waals surface area contributed by atoms with Crippen LogP contribution in [0.15, 0.2) is 41.4 Å². The van der Waals surface area contributed by atoms with Gasteiger partial charge in [0, 0.05) is 17.1 Å². The standard InChI is InChI=1S/C18H15ClN2O4/c1-24-11-4-6-15-12(8-11)13(17(22)21-15)9-20-16-7-10(18(23)25-2)3-5-14(16)19/h3-9,21-22H,1-2H3. The van der Waals surface area contributed by atoms with E-state index in [0.717, 1.165) is 10.9 Å². The molecule has 0 aliphatic carbocycles. The number of nitrogens with zero attached hydrogens (tertiary/aromatic N) is 1. The van der Waals surface area contributed by atoms with Crippen LogP contribution in [0.1, 0.15) is 15.9 Å². The Morgan fingerprint density at radius 1 is 1.24 bits per heavy atom. The molecule has 128 valence electrons. The fourth-order valence-electron chi connectivity index (χ4n) is 2.43. The smallest absolute Gasteiger partial charge is 0.337 e. The molecular formula is C18H15ClN2O4. The summed E-state index contributed by atoms with van der Waals surface area (Å²) in [4.78, 5) is 18.8. The number of ether oxygens (including phenoxy) is 2. The van der Waals surface area contributed by atoms with Gasteiger partial charge in [0.2, 0.25) is 0 Å². The lowest BCUT2D eigenvalue weighted by atomic mass is 10.1. The van der Waals surface area contributed by atoms with Crippen molar-refractivity contribution in [1.29, 1.82) is 0 Å². The number of nitrogens with one attached hydrogen (secondary N) is 1. The Kier molecular flexibility index (Phi) is 4.63. The number of aromatic hydroxyl groups is 1. The van der Waals surface area contributed by atoms with Crippen molar-refractivity contribution in [3.05, 3.63) is 52.5 Å². The third-order valence-electron chi connectivity index (χ3n) is 3.73. The molecule has 0 saturated heterocycles. The minimum absolute atomic E-state index is 0.0211. The molecule has 0 saturated carbocycles. The van der Waals surface area contributed by atoms with E-state index in [0.29, 0.717) is 27.6 Å². The number of H-pyrrole nitrogens is 1. The maximum atomic E-state index is 11.6. The highest BCUT2D eigenvalue weighted by Gasteiger charge is 2.11. The van der Waals surface area contributed by atoms with E-state index in [9.17, 15) is 9.90 Å². The average Bonchev–Trinajstić information content (AvgIpc) is 2.94. The van der Waals surface area contributed by atoms with Crippen LogP contribution < -0.4 is 4.74 Å². The van der Waals surface area contributed by atoms with Gasteiger partial charge in [-0.15, -0.1) is 0 Å². The summed E-state index contributed by atoms with van der Waals surface area (Å²) in [6, 6.07) is 10.0. The maximum absolute atomic E-state index is 11.6. The van der Waals surface area contributed by atoms with Crippen molar-refractivity contribution in [3.8, 4) is 11.6 Å². The van der Waals surface area contributed by atoms with Gasteiger partial charge in [-0.1, -0.05) is 11.6 Å². The quantitative estimate of drug-likeness (QED) is 0.544. The van der Waals surface area contributed by atoms with Gasteiger partial charge in [0.05, 0.1) is 36.1 Å². The fraction of sp³-hybridized carbons (Fsp3) is 0.111. The monoisotopic (exact) mass is 358 g/mol. The van der Waals surface area contributed by atoms with E-state index in [1.165, 1.54) is 19.4 Å². The number of hydrogen-bond donors (Lipinski definition) is 2. The zero-order chi connectivity index (χ0) is 18.0. The van der Waals surface area contributed by atoms with E-state index in [4.69, 9.17) is 21.1 Å². The predicted octanol–water partition coefficient (Wildman–Crippen LogP) is 4.07. The molecule has 0 aliphatic heterocycles. The molecule has 0 spiro atoms. The van der Waals surface area contributed by atoms with Gasteiger partial charge >= 0.3 is 5.97 Å². The van der Waals surface area contributed by atoms with E-state index in [2.05, 4.69) is 9.98 Å². The minimum Gasteiger partial charge on any atom is -0.497 e. The first-order valence-electron chi connectivity index (χ1n) is 7.34. The number of carbonyl (C=O) groups excluding carboxylic acids is 1. The number of fused-ring (bicyclic) bond motifs is 1. The highest BCUT2D eigenvalue weighted by Crippen LogP contribution is 2.31. The molecule has 0 unspecified atom stereocenters. The van der Waals surface area contributed by atoms with E-state index >= 15 is 0 Å². The van der Waals surface area contributed by atoms with Crippen LogP contribution >= 0.6 is 11.6 Å². The van der Waals surface area contributed by atoms with Crippen LogP contribution in [0.5, 0.6) is 11.6 Å². The van der Waals surface area contributed by atoms with Gasteiger partial charge in [-0.3, -0.25) is 4.99 Å². The molecule has 3 rings (SSSR count). The summed E-state index contributed by atoms with van der Waals surface area (Å²) in [7, 11) is 2.87. The number of halogens is 1. The van der Waals surface area contributed by atoms with Gasteiger partial charge < -0.3 is 19.6 Å². The van der Waals surface area contributed by atoms with Crippen LogP contribution in [0.2, 0.25) is 5.02 Å². The first-order valence-corrected chi connectivity index (χ1v) is 7.72. The van der Waals surface area contributed by atoms with E-state index in [-0.39, 0.29) is 5.88 Å². The number of aromatic nitrogens is 1. The van der Waals surface area contributed by atoms with Crippen molar-refractivity contribution in [3.63, 3.8) is 0 Å². The second kappa shape index (κ2) is 6.86. The van der Waals surface area contributed by atoms with E-state index in [1.54, 1.807) is 37.4 Å². The number of hydrogen-bond acceptors (Lipinski definition) is 5. The summed E-state index contributed by atoms with van der Waals surface area (Å²) >= 11 is 6.13. The Morgan fingerprint density at radius 2 is 2.04 bits per heavy atom. The Morgan fingerprint density at radius 3 is 2.76 bits per heavy atom. The maximum Gasteiger partial charge on any atom is 0.337 e. The Balaban J connectivity index is 2.04. The zero-order valence-corrected chi connectivity index (χ0v) is 14.3. The summed E-state index contributed by atoms with van der Waals surface area (Å²) in [6.45, 7) is 0. The van der Waals surface area contributed by atoms with Crippen molar-refractivity contribution in [2.24, 2.45) is 4.99 Å². The largest absolute Gasteiger partial charge is 0.497 e. The van der Waals surface area contributed by atoms with Crippen molar-refractivity contribution >= 4 is 40.4 Å². The van der Waals surface area contributed by atoms with Crippen LogP contribution in [-0.4, -0.2) is 36.5 Å². The van der Waals surface area contributed by atoms with Gasteiger partial charge in [-0.2, -0.15) is 0 Å². The molecule has 7 heteroatoms. The lowest BCUT2D eigenvalue weighted by Gasteiger charge is -2.03. The lowest BCUT2D eigenvalue weighted by molar-refractivity contribution is 0.0601. The zero-order valence-electron chi connectivity index (χ0n) is 13.5. The highest BCUT2D eigenvalue weighted by atomic mass is 35.5. The molecule has 2 N–H and O–H groups in total. The third kappa shape index (κ3) is 3.29. The Labute approximate surface area is 148 Å². The third-order valence-corrected chi connectivity index (χ3v) is 4.04. The highest BCUT2D eigenvalue weighted by molar-refractivity contribution is 6.33. The molecule has 0 fully saturated rings. The number of carbonyl (C=O) groups is 1. The van der Waals surface area contributed by atoms with Gasteiger partial charge in [-0.25, -0.2) is 4.79 Å². The molecular weight excluding hydrogens is 344 g/mol.